The Morgan fingerprint density at radius 1 is 1.29 bits per heavy atom. The van der Waals surface area contributed by atoms with Crippen molar-refractivity contribution < 1.29 is 4.74 Å². The van der Waals surface area contributed by atoms with Crippen molar-refractivity contribution in [2.24, 2.45) is 0 Å². The van der Waals surface area contributed by atoms with E-state index in [1.54, 1.807) is 7.11 Å². The molecule has 0 saturated heterocycles. The molecule has 1 rings (SSSR count). The third-order valence-corrected chi connectivity index (χ3v) is 3.31. The third kappa shape index (κ3) is 4.14. The zero-order chi connectivity index (χ0) is 12.7. The van der Waals surface area contributed by atoms with Crippen molar-refractivity contribution in [2.45, 2.75) is 39.7 Å². The predicted molar refractivity (Wildman–Crippen MR) is 73.4 cm³/mol. The summed E-state index contributed by atoms with van der Waals surface area (Å²) in [5.74, 6) is 0. The first-order valence-electron chi connectivity index (χ1n) is 6.49. The Hall–Kier alpha value is -0.860. The summed E-state index contributed by atoms with van der Waals surface area (Å²) in [6.07, 6.45) is 2.23. The zero-order valence-corrected chi connectivity index (χ0v) is 11.5. The summed E-state index contributed by atoms with van der Waals surface area (Å²) in [7, 11) is 1.76. The molecule has 0 fully saturated rings. The van der Waals surface area contributed by atoms with Gasteiger partial charge in [0.1, 0.15) is 0 Å². The first-order chi connectivity index (χ1) is 8.20. The van der Waals surface area contributed by atoms with Gasteiger partial charge < -0.3 is 10.1 Å². The lowest BCUT2D eigenvalue weighted by atomic mass is 9.94. The molecule has 1 aromatic carbocycles. The van der Waals surface area contributed by atoms with E-state index in [1.165, 1.54) is 16.7 Å². The van der Waals surface area contributed by atoms with Gasteiger partial charge in [-0.15, -0.1) is 0 Å². The molecule has 17 heavy (non-hydrogen) atoms. The second-order valence-corrected chi connectivity index (χ2v) is 4.53. The largest absolute Gasteiger partial charge is 0.385 e. The van der Waals surface area contributed by atoms with Gasteiger partial charge in [-0.1, -0.05) is 25.1 Å². The Labute approximate surface area is 105 Å². The monoisotopic (exact) mass is 235 g/mol. The number of ether oxygens (including phenoxy) is 1. The third-order valence-electron chi connectivity index (χ3n) is 3.31. The second-order valence-electron chi connectivity index (χ2n) is 4.53. The fourth-order valence-electron chi connectivity index (χ4n) is 2.20. The van der Waals surface area contributed by atoms with Crippen LogP contribution in [0.2, 0.25) is 0 Å². The number of hydrogen-bond acceptors (Lipinski definition) is 2. The highest BCUT2D eigenvalue weighted by molar-refractivity contribution is 5.35. The summed E-state index contributed by atoms with van der Waals surface area (Å²) in [4.78, 5) is 0. The zero-order valence-electron chi connectivity index (χ0n) is 11.5. The summed E-state index contributed by atoms with van der Waals surface area (Å²) >= 11 is 0. The lowest BCUT2D eigenvalue weighted by Crippen LogP contribution is -2.22. The van der Waals surface area contributed by atoms with E-state index in [4.69, 9.17) is 4.74 Å². The Morgan fingerprint density at radius 2 is 2.06 bits per heavy atom. The van der Waals surface area contributed by atoms with Gasteiger partial charge in [-0.05, 0) is 49.9 Å². The quantitative estimate of drug-likeness (QED) is 0.732. The molecule has 0 heterocycles. The van der Waals surface area contributed by atoms with Crippen molar-refractivity contribution in [3.8, 4) is 0 Å². The van der Waals surface area contributed by atoms with E-state index in [2.05, 4.69) is 44.3 Å². The Bertz CT molecular complexity index is 336. The molecule has 0 bridgehead atoms. The molecule has 1 atom stereocenters. The number of rotatable bonds is 7. The average molecular weight is 235 g/mol. The number of benzene rings is 1. The minimum absolute atomic E-state index is 0.454. The highest BCUT2D eigenvalue weighted by Crippen LogP contribution is 2.24. The molecule has 0 amide bonds. The predicted octanol–water partition coefficient (Wildman–Crippen LogP) is 3.38. The van der Waals surface area contributed by atoms with E-state index >= 15 is 0 Å². The summed E-state index contributed by atoms with van der Waals surface area (Å²) in [5.41, 5.74) is 4.22. The Morgan fingerprint density at radius 3 is 2.71 bits per heavy atom. The Kier molecular flexibility index (Phi) is 6.23. The minimum Gasteiger partial charge on any atom is -0.385 e. The smallest absolute Gasteiger partial charge is 0.0462 e. The van der Waals surface area contributed by atoms with Crippen LogP contribution in [-0.4, -0.2) is 20.3 Å². The molecule has 0 radical (unpaired) electrons. The van der Waals surface area contributed by atoms with Crippen LogP contribution in [0.15, 0.2) is 18.2 Å². The van der Waals surface area contributed by atoms with Gasteiger partial charge >= 0.3 is 0 Å². The van der Waals surface area contributed by atoms with E-state index in [0.717, 1.165) is 26.0 Å². The van der Waals surface area contributed by atoms with Crippen LogP contribution < -0.4 is 5.32 Å². The van der Waals surface area contributed by atoms with Crippen LogP contribution in [0.3, 0.4) is 0 Å². The molecule has 2 heteroatoms. The lowest BCUT2D eigenvalue weighted by molar-refractivity contribution is 0.189. The van der Waals surface area contributed by atoms with Crippen molar-refractivity contribution in [1.82, 2.24) is 5.32 Å². The van der Waals surface area contributed by atoms with Gasteiger partial charge in [0.2, 0.25) is 0 Å². The molecule has 1 N–H and O–H groups in total. The average Bonchev–Trinajstić information content (AvgIpc) is 2.32. The standard InChI is InChI=1S/C15H25NO/c1-5-16-15(10-7-11-17-4)14-9-6-8-12(2)13(14)3/h6,8-9,15-16H,5,7,10-11H2,1-4H3. The van der Waals surface area contributed by atoms with Crippen molar-refractivity contribution in [1.29, 1.82) is 0 Å². The van der Waals surface area contributed by atoms with Gasteiger partial charge in [-0.2, -0.15) is 0 Å². The number of nitrogens with one attached hydrogen (secondary N) is 1. The normalized spacial score (nSPS) is 12.7. The van der Waals surface area contributed by atoms with Crippen molar-refractivity contribution in [2.75, 3.05) is 20.3 Å². The summed E-state index contributed by atoms with van der Waals surface area (Å²) < 4.78 is 5.13. The highest BCUT2D eigenvalue weighted by Gasteiger charge is 2.12. The highest BCUT2D eigenvalue weighted by atomic mass is 16.5. The molecule has 0 aliphatic carbocycles. The van der Waals surface area contributed by atoms with Crippen LogP contribution in [-0.2, 0) is 4.74 Å². The van der Waals surface area contributed by atoms with Crippen molar-refractivity contribution in [3.05, 3.63) is 34.9 Å². The van der Waals surface area contributed by atoms with Gasteiger partial charge in [0.05, 0.1) is 0 Å². The maximum absolute atomic E-state index is 5.13. The van der Waals surface area contributed by atoms with Crippen LogP contribution in [0.1, 0.15) is 42.5 Å². The summed E-state index contributed by atoms with van der Waals surface area (Å²) in [6.45, 7) is 8.40. The number of methoxy groups -OCH3 is 1. The van der Waals surface area contributed by atoms with E-state index in [-0.39, 0.29) is 0 Å². The summed E-state index contributed by atoms with van der Waals surface area (Å²) in [5, 5.41) is 3.57. The lowest BCUT2D eigenvalue weighted by Gasteiger charge is -2.21. The number of hydrogen-bond donors (Lipinski definition) is 1. The van der Waals surface area contributed by atoms with Crippen molar-refractivity contribution >= 4 is 0 Å². The van der Waals surface area contributed by atoms with E-state index in [1.807, 2.05) is 0 Å². The van der Waals surface area contributed by atoms with Gasteiger partial charge in [-0.3, -0.25) is 0 Å². The van der Waals surface area contributed by atoms with Crippen LogP contribution >= 0.6 is 0 Å². The van der Waals surface area contributed by atoms with E-state index < -0.39 is 0 Å². The molecule has 0 aliphatic rings. The first kappa shape index (κ1) is 14.2. The van der Waals surface area contributed by atoms with Crippen LogP contribution in [0.4, 0.5) is 0 Å². The Balaban J connectivity index is 2.77. The molecule has 96 valence electrons. The van der Waals surface area contributed by atoms with Crippen LogP contribution in [0.25, 0.3) is 0 Å². The van der Waals surface area contributed by atoms with Gasteiger partial charge in [-0.25, -0.2) is 0 Å². The molecule has 1 unspecified atom stereocenters. The van der Waals surface area contributed by atoms with Crippen LogP contribution in [0.5, 0.6) is 0 Å². The SMILES string of the molecule is CCNC(CCCOC)c1cccc(C)c1C. The van der Waals surface area contributed by atoms with E-state index in [0.29, 0.717) is 6.04 Å². The molecule has 0 saturated carbocycles. The number of aryl methyl sites for hydroxylation is 1. The molecule has 0 aromatic heterocycles. The fraction of sp³-hybridized carbons (Fsp3) is 0.600. The fourth-order valence-corrected chi connectivity index (χ4v) is 2.20. The van der Waals surface area contributed by atoms with Crippen LogP contribution in [0, 0.1) is 13.8 Å². The van der Waals surface area contributed by atoms with Gasteiger partial charge in [0, 0.05) is 19.8 Å². The molecule has 1 aromatic rings. The minimum atomic E-state index is 0.454. The maximum atomic E-state index is 5.13. The maximum Gasteiger partial charge on any atom is 0.0462 e. The van der Waals surface area contributed by atoms with Gasteiger partial charge in [0.25, 0.3) is 0 Å². The second kappa shape index (κ2) is 7.46. The molecular weight excluding hydrogens is 210 g/mol. The van der Waals surface area contributed by atoms with Gasteiger partial charge in [0.15, 0.2) is 0 Å². The van der Waals surface area contributed by atoms with E-state index in [9.17, 15) is 0 Å². The topological polar surface area (TPSA) is 21.3 Å². The summed E-state index contributed by atoms with van der Waals surface area (Å²) in [6, 6.07) is 7.02. The molecular formula is C15H25NO. The molecule has 0 aliphatic heterocycles. The molecule has 2 nitrogen and oxygen atoms in total. The van der Waals surface area contributed by atoms with Crippen molar-refractivity contribution in [3.63, 3.8) is 0 Å². The first-order valence-corrected chi connectivity index (χ1v) is 6.49. The molecule has 0 spiro atoms.